The van der Waals surface area contributed by atoms with E-state index in [0.717, 1.165) is 18.2 Å². The van der Waals surface area contributed by atoms with Crippen LogP contribution in [-0.4, -0.2) is 46.1 Å². The Morgan fingerprint density at radius 1 is 1.25 bits per heavy atom. The maximum Gasteiger partial charge on any atom is 0.235 e. The highest BCUT2D eigenvalue weighted by Crippen LogP contribution is 2.41. The number of nitrogens with zero attached hydrogens (tertiary/aromatic N) is 4. The van der Waals surface area contributed by atoms with E-state index >= 15 is 0 Å². The smallest absolute Gasteiger partial charge is 0.235 e. The summed E-state index contributed by atoms with van der Waals surface area (Å²) in [6.07, 6.45) is 5.36. The van der Waals surface area contributed by atoms with Crippen LogP contribution in [-0.2, 0) is 23.1 Å². The van der Waals surface area contributed by atoms with Crippen molar-refractivity contribution in [3.63, 3.8) is 0 Å². The van der Waals surface area contributed by atoms with Gasteiger partial charge in [0.1, 0.15) is 0 Å². The van der Waals surface area contributed by atoms with Gasteiger partial charge in [0.25, 0.3) is 0 Å². The number of carbonyl (C=O) groups is 2. The molecule has 2 saturated heterocycles. The highest BCUT2D eigenvalue weighted by molar-refractivity contribution is 6.00. The molecule has 2 fully saturated rings. The fourth-order valence-electron chi connectivity index (χ4n) is 4.30. The zero-order valence-electron chi connectivity index (χ0n) is 15.7. The minimum Gasteiger partial charge on any atom is -0.341 e. The van der Waals surface area contributed by atoms with Gasteiger partial charge in [-0.05, 0) is 25.3 Å². The van der Waals surface area contributed by atoms with Gasteiger partial charge in [-0.25, -0.2) is 8.78 Å². The number of amides is 2. The maximum absolute atomic E-state index is 13.9. The third-order valence-corrected chi connectivity index (χ3v) is 5.82. The van der Waals surface area contributed by atoms with Gasteiger partial charge in [0, 0.05) is 38.4 Å². The fourth-order valence-corrected chi connectivity index (χ4v) is 4.30. The molecule has 1 spiro atoms. The Morgan fingerprint density at radius 3 is 2.82 bits per heavy atom. The Bertz CT molecular complexity index is 929. The predicted octanol–water partition coefficient (Wildman–Crippen LogP) is 2.29. The predicted molar refractivity (Wildman–Crippen MR) is 98.5 cm³/mol. The summed E-state index contributed by atoms with van der Waals surface area (Å²) in [5, 5.41) is 4.13. The Hall–Kier alpha value is -2.77. The molecule has 2 aliphatic heterocycles. The molecule has 1 unspecified atom stereocenters. The maximum atomic E-state index is 13.9. The lowest BCUT2D eigenvalue weighted by atomic mass is 9.78. The van der Waals surface area contributed by atoms with Gasteiger partial charge in [0.2, 0.25) is 11.8 Å². The molecule has 2 aromatic rings. The van der Waals surface area contributed by atoms with Crippen molar-refractivity contribution in [2.24, 2.45) is 12.5 Å². The van der Waals surface area contributed by atoms with Gasteiger partial charge < -0.3 is 9.80 Å². The third kappa shape index (κ3) is 3.16. The number of rotatable bonds is 3. The van der Waals surface area contributed by atoms with Crippen LogP contribution in [0.1, 0.15) is 24.8 Å². The van der Waals surface area contributed by atoms with Crippen molar-refractivity contribution in [1.82, 2.24) is 14.7 Å². The molecule has 0 bridgehead atoms. The molecule has 1 aromatic heterocycles. The van der Waals surface area contributed by atoms with Crippen molar-refractivity contribution in [2.45, 2.75) is 25.7 Å². The van der Waals surface area contributed by atoms with E-state index in [-0.39, 0.29) is 23.8 Å². The van der Waals surface area contributed by atoms with E-state index in [1.807, 2.05) is 0 Å². The van der Waals surface area contributed by atoms with Gasteiger partial charge in [-0.1, -0.05) is 12.1 Å². The first kappa shape index (κ1) is 18.6. The molecule has 0 saturated carbocycles. The van der Waals surface area contributed by atoms with Crippen LogP contribution in [0.5, 0.6) is 0 Å². The number of aromatic nitrogens is 2. The van der Waals surface area contributed by atoms with E-state index in [1.54, 1.807) is 33.9 Å². The minimum absolute atomic E-state index is 0.00920. The first-order valence-corrected chi connectivity index (χ1v) is 9.41. The zero-order chi connectivity index (χ0) is 19.9. The number of benzene rings is 1. The Kier molecular flexibility index (Phi) is 4.64. The third-order valence-electron chi connectivity index (χ3n) is 5.82. The monoisotopic (exact) mass is 388 g/mol. The molecule has 0 aliphatic carbocycles. The summed E-state index contributed by atoms with van der Waals surface area (Å²) in [5.41, 5.74) is 0.193. The topological polar surface area (TPSA) is 58.4 Å². The van der Waals surface area contributed by atoms with Crippen LogP contribution in [0.15, 0.2) is 30.6 Å². The summed E-state index contributed by atoms with van der Waals surface area (Å²) >= 11 is 0. The average Bonchev–Trinajstić information content (AvgIpc) is 3.23. The molecule has 3 heterocycles. The van der Waals surface area contributed by atoms with Crippen molar-refractivity contribution < 1.29 is 18.4 Å². The molecular formula is C20H22F2N4O2. The van der Waals surface area contributed by atoms with E-state index < -0.39 is 17.0 Å². The number of piperidine rings is 1. The number of likely N-dealkylation sites (tertiary alicyclic amines) is 1. The molecular weight excluding hydrogens is 366 g/mol. The van der Waals surface area contributed by atoms with Gasteiger partial charge in [-0.15, -0.1) is 0 Å². The summed E-state index contributed by atoms with van der Waals surface area (Å²) in [6.45, 7) is 1.43. The van der Waals surface area contributed by atoms with Crippen molar-refractivity contribution >= 4 is 17.5 Å². The molecule has 0 N–H and O–H groups in total. The molecule has 4 rings (SSSR count). The summed E-state index contributed by atoms with van der Waals surface area (Å²) < 4.78 is 29.0. The van der Waals surface area contributed by atoms with Crippen LogP contribution in [0, 0.1) is 17.0 Å². The summed E-state index contributed by atoms with van der Waals surface area (Å²) in [5.74, 6) is -2.22. The summed E-state index contributed by atoms with van der Waals surface area (Å²) in [4.78, 5) is 29.2. The first-order valence-electron chi connectivity index (χ1n) is 9.41. The molecule has 1 aromatic carbocycles. The molecule has 28 heavy (non-hydrogen) atoms. The summed E-state index contributed by atoms with van der Waals surface area (Å²) in [6, 6.07) is 3.84. The van der Waals surface area contributed by atoms with Gasteiger partial charge in [0.05, 0.1) is 23.7 Å². The van der Waals surface area contributed by atoms with Crippen molar-refractivity contribution in [1.29, 1.82) is 0 Å². The van der Waals surface area contributed by atoms with Crippen LogP contribution in [0.2, 0.25) is 0 Å². The molecule has 2 aliphatic rings. The molecule has 8 heteroatoms. The average molecular weight is 388 g/mol. The van der Waals surface area contributed by atoms with Crippen LogP contribution >= 0.6 is 0 Å². The number of halogens is 2. The van der Waals surface area contributed by atoms with Crippen molar-refractivity contribution in [3.05, 3.63) is 47.8 Å². The minimum atomic E-state index is -0.984. The van der Waals surface area contributed by atoms with Gasteiger partial charge in [-0.3, -0.25) is 14.3 Å². The largest absolute Gasteiger partial charge is 0.341 e. The fraction of sp³-hybridized carbons (Fsp3) is 0.450. The number of carbonyl (C=O) groups excluding carboxylic acids is 2. The molecule has 6 nitrogen and oxygen atoms in total. The zero-order valence-corrected chi connectivity index (χ0v) is 15.7. The van der Waals surface area contributed by atoms with Gasteiger partial charge >= 0.3 is 0 Å². The van der Waals surface area contributed by atoms with E-state index in [2.05, 4.69) is 5.10 Å². The SMILES string of the molecule is Cn1cc(N2CCC3(CCCN(C(=O)Cc4cccc(F)c4F)C3)C2=O)cn1. The standard InChI is InChI=1S/C20H22F2N4O2/c1-24-12-15(11-23-24)26-9-7-20(19(26)28)6-3-8-25(13-20)17(27)10-14-4-2-5-16(21)18(14)22/h2,4-5,11-12H,3,6-10,13H2,1H3. The lowest BCUT2D eigenvalue weighted by Crippen LogP contribution is -2.50. The van der Waals surface area contributed by atoms with Crippen LogP contribution in [0.4, 0.5) is 14.5 Å². The second-order valence-corrected chi connectivity index (χ2v) is 7.67. The lowest BCUT2D eigenvalue weighted by molar-refractivity contribution is -0.138. The van der Waals surface area contributed by atoms with Gasteiger partial charge in [0.15, 0.2) is 11.6 Å². The quantitative estimate of drug-likeness (QED) is 0.811. The Labute approximate surface area is 161 Å². The first-order chi connectivity index (χ1) is 13.4. The highest BCUT2D eigenvalue weighted by atomic mass is 19.2. The lowest BCUT2D eigenvalue weighted by Gasteiger charge is -2.39. The molecule has 0 radical (unpaired) electrons. The van der Waals surface area contributed by atoms with Crippen molar-refractivity contribution in [3.8, 4) is 0 Å². The second kappa shape index (κ2) is 7.00. The van der Waals surface area contributed by atoms with E-state index in [9.17, 15) is 18.4 Å². The number of anilines is 1. The highest BCUT2D eigenvalue weighted by Gasteiger charge is 2.50. The molecule has 1 atom stereocenters. The van der Waals surface area contributed by atoms with Crippen LogP contribution in [0.25, 0.3) is 0 Å². The number of aryl methyl sites for hydroxylation is 1. The van der Waals surface area contributed by atoms with E-state index in [0.29, 0.717) is 32.5 Å². The Balaban J connectivity index is 1.49. The summed E-state index contributed by atoms with van der Waals surface area (Å²) in [7, 11) is 1.80. The second-order valence-electron chi connectivity index (χ2n) is 7.67. The molecule has 2 amide bonds. The van der Waals surface area contributed by atoms with E-state index in [4.69, 9.17) is 0 Å². The Morgan fingerprint density at radius 2 is 2.07 bits per heavy atom. The van der Waals surface area contributed by atoms with E-state index in [1.165, 1.54) is 12.1 Å². The molecule has 148 valence electrons. The van der Waals surface area contributed by atoms with Crippen LogP contribution in [0.3, 0.4) is 0 Å². The van der Waals surface area contributed by atoms with Crippen LogP contribution < -0.4 is 4.90 Å². The number of hydrogen-bond acceptors (Lipinski definition) is 3. The number of hydrogen-bond donors (Lipinski definition) is 0. The van der Waals surface area contributed by atoms with Gasteiger partial charge in [-0.2, -0.15) is 5.10 Å². The normalized spacial score (nSPS) is 22.3. The van der Waals surface area contributed by atoms with Crippen molar-refractivity contribution in [2.75, 3.05) is 24.5 Å².